The van der Waals surface area contributed by atoms with E-state index in [1.165, 1.54) is 6.21 Å². The number of nitrogens with zero attached hydrogens (tertiary/aromatic N) is 5. The molecule has 1 aliphatic carbocycles. The monoisotopic (exact) mass is 1190 g/mol. The van der Waals surface area contributed by atoms with Crippen molar-refractivity contribution in [3.8, 4) is 5.75 Å². The minimum atomic E-state index is -2.68. The van der Waals surface area contributed by atoms with E-state index in [2.05, 4.69) is 29.9 Å². The Bertz CT molecular complexity index is 2310. The number of piperidine rings is 2. The van der Waals surface area contributed by atoms with Crippen molar-refractivity contribution in [3.63, 3.8) is 0 Å². The van der Waals surface area contributed by atoms with E-state index in [-0.39, 0.29) is 88.4 Å². The van der Waals surface area contributed by atoms with Crippen LogP contribution in [0.3, 0.4) is 0 Å². The number of ether oxygens (including phenoxy) is 9. The highest BCUT2D eigenvalue weighted by Gasteiger charge is 2.44. The summed E-state index contributed by atoms with van der Waals surface area (Å²) in [5, 5.41) is 25.1. The number of likely N-dealkylation sites (tertiary alicyclic amines) is 1. The summed E-state index contributed by atoms with van der Waals surface area (Å²) >= 11 is 0. The molecule has 4 fully saturated rings. The zero-order valence-electron chi connectivity index (χ0n) is 48.6. The van der Waals surface area contributed by atoms with Gasteiger partial charge in [0.1, 0.15) is 17.4 Å². The molecule has 2 unspecified atom stereocenters. The van der Waals surface area contributed by atoms with Gasteiger partial charge in [-0.3, -0.25) is 30.3 Å². The average molecular weight is 1190 g/mol. The Balaban J connectivity index is 0.704. The summed E-state index contributed by atoms with van der Waals surface area (Å²) < 4.78 is 117. The molecule has 20 nitrogen and oxygen atoms in total. The predicted molar refractivity (Wildman–Crippen MR) is 306 cm³/mol. The van der Waals surface area contributed by atoms with Gasteiger partial charge < -0.3 is 63.6 Å². The minimum absolute atomic E-state index is 0.0565. The fourth-order valence-electron chi connectivity index (χ4n) is 11.1. The van der Waals surface area contributed by atoms with Gasteiger partial charge in [-0.15, -0.1) is 0 Å². The number of hydrogen-bond acceptors (Lipinski definition) is 18. The number of carbonyl (C=O) groups is 2. The maximum absolute atomic E-state index is 13.9. The number of amidine groups is 2. The number of aliphatic imine (C=N–C) groups is 1. The van der Waals surface area contributed by atoms with Gasteiger partial charge >= 0.3 is 5.97 Å². The van der Waals surface area contributed by atoms with E-state index in [4.69, 9.17) is 49.1 Å². The number of hydrazone groups is 1. The van der Waals surface area contributed by atoms with Crippen LogP contribution in [0.5, 0.6) is 5.75 Å². The van der Waals surface area contributed by atoms with Crippen LogP contribution in [-0.4, -0.2) is 213 Å². The van der Waals surface area contributed by atoms with Gasteiger partial charge in [0.15, 0.2) is 11.6 Å². The van der Waals surface area contributed by atoms with Crippen LogP contribution in [0.2, 0.25) is 0 Å². The van der Waals surface area contributed by atoms with Crippen LogP contribution in [0, 0.1) is 40.1 Å². The molecule has 3 saturated heterocycles. The van der Waals surface area contributed by atoms with E-state index in [1.807, 2.05) is 42.2 Å². The van der Waals surface area contributed by atoms with Gasteiger partial charge in [-0.2, -0.15) is 5.10 Å². The van der Waals surface area contributed by atoms with E-state index in [9.17, 15) is 37.0 Å². The van der Waals surface area contributed by atoms with Crippen molar-refractivity contribution in [1.82, 2.24) is 20.0 Å². The number of amides is 1. The topological polar surface area (TPSA) is 237 Å². The van der Waals surface area contributed by atoms with Crippen LogP contribution in [0.15, 0.2) is 52.6 Å². The molecule has 0 radical (unpaired) electrons. The lowest BCUT2D eigenvalue weighted by Crippen LogP contribution is -2.55. The third kappa shape index (κ3) is 24.0. The first kappa shape index (κ1) is 68.0. The smallest absolute Gasteiger partial charge is 0.313 e. The number of nitrogens with two attached hydrogens (primary N) is 1. The largest absolute Gasteiger partial charge is 0.420 e. The summed E-state index contributed by atoms with van der Waals surface area (Å²) in [6, 6.07) is 11.4. The summed E-state index contributed by atoms with van der Waals surface area (Å²) in [5.74, 6) is -2.26. The van der Waals surface area contributed by atoms with E-state index in [0.29, 0.717) is 127 Å². The van der Waals surface area contributed by atoms with Crippen LogP contribution in [0.25, 0.3) is 0 Å². The molecule has 4 aliphatic rings. The second-order valence-electron chi connectivity index (χ2n) is 21.5. The Labute approximate surface area is 490 Å². The Morgan fingerprint density at radius 1 is 0.726 bits per heavy atom. The summed E-state index contributed by atoms with van der Waals surface area (Å²) in [4.78, 5) is 36.4. The summed E-state index contributed by atoms with van der Waals surface area (Å²) in [5.41, 5.74) is 1.49. The maximum Gasteiger partial charge on any atom is 0.313 e. The molecule has 25 heteroatoms. The predicted octanol–water partition coefficient (Wildman–Crippen LogP) is 6.97. The Kier molecular flexibility index (Phi) is 30.3. The van der Waals surface area contributed by atoms with Crippen LogP contribution in [0.4, 0.5) is 22.0 Å². The van der Waals surface area contributed by atoms with E-state index < -0.39 is 35.1 Å². The molecule has 1 saturated carbocycles. The normalized spacial score (nSPS) is 20.1. The number of benzene rings is 2. The molecular formula is C59H88F5N9O11. The summed E-state index contributed by atoms with van der Waals surface area (Å²) in [6.45, 7) is 10.9. The van der Waals surface area contributed by atoms with Gasteiger partial charge in [0.2, 0.25) is 17.6 Å². The number of nitrogens with one attached hydrogen (secondary N) is 3. The first-order valence-corrected chi connectivity index (χ1v) is 29.6. The zero-order chi connectivity index (χ0) is 59.9. The number of esters is 1. The summed E-state index contributed by atoms with van der Waals surface area (Å²) in [6.07, 6.45) is 7.60. The average Bonchev–Trinajstić information content (AvgIpc) is 3.47. The fourth-order valence-corrected chi connectivity index (χ4v) is 11.1. The van der Waals surface area contributed by atoms with Crippen LogP contribution in [0.1, 0.15) is 95.6 Å². The van der Waals surface area contributed by atoms with Gasteiger partial charge in [-0.25, -0.2) is 22.0 Å². The van der Waals surface area contributed by atoms with Crippen molar-refractivity contribution in [3.05, 3.63) is 65.5 Å². The van der Waals surface area contributed by atoms with E-state index in [0.717, 1.165) is 76.7 Å². The Morgan fingerprint density at radius 3 is 1.82 bits per heavy atom. The molecule has 0 aromatic heterocycles. The second-order valence-corrected chi connectivity index (χ2v) is 21.5. The first-order valence-electron chi connectivity index (χ1n) is 29.6. The molecule has 2 bridgehead atoms. The fraction of sp³-hybridized carbons (Fsp3) is 0.695. The minimum Gasteiger partial charge on any atom is -0.420 e. The highest BCUT2D eigenvalue weighted by molar-refractivity contribution is 6.31. The molecule has 3 aliphatic heterocycles. The number of fused-ring (bicyclic) bond motifs is 2. The molecule has 5 N–H and O–H groups in total. The quantitative estimate of drug-likeness (QED) is 0.00773. The molecule has 3 heterocycles. The molecule has 2 aromatic carbocycles. The molecule has 470 valence electrons. The van der Waals surface area contributed by atoms with Crippen LogP contribution in [-0.2, 0) is 47.5 Å². The van der Waals surface area contributed by atoms with Crippen molar-refractivity contribution in [1.29, 1.82) is 10.8 Å². The molecule has 84 heavy (non-hydrogen) atoms. The third-order valence-corrected chi connectivity index (χ3v) is 15.5. The van der Waals surface area contributed by atoms with Crippen molar-refractivity contribution >= 4 is 35.5 Å². The molecule has 6 rings (SSSR count). The first-order chi connectivity index (χ1) is 40.7. The molecule has 2 aromatic rings. The summed E-state index contributed by atoms with van der Waals surface area (Å²) in [7, 11) is 0. The number of rotatable bonds is 39. The van der Waals surface area contributed by atoms with Crippen molar-refractivity contribution in [2.24, 2.45) is 27.8 Å². The second kappa shape index (κ2) is 37.5. The Morgan fingerprint density at radius 2 is 1.26 bits per heavy atom. The lowest BCUT2D eigenvalue weighted by Gasteiger charge is -2.45. The van der Waals surface area contributed by atoms with Gasteiger partial charge in [-0.1, -0.05) is 30.3 Å². The number of carbonyl (C=O) groups excluding carboxylic acids is 2. The number of alkyl halides is 2. The highest BCUT2D eigenvalue weighted by Crippen LogP contribution is 2.40. The SMILES string of the molecule is CC(=N)N(C(=N)C1CCN(CCOCCOCCOCCOC/C(C=NCCOCCOCCOCCOCCC(=O)Oc2c(F)cc(F)cc2F)=N/N)CC1)C1CC2CCC(C1)N2CC[C@H](NC(=O)C1CCC(F)(F)CC1)c1ccccc1. The van der Waals surface area contributed by atoms with Crippen molar-refractivity contribution in [2.75, 3.05) is 138 Å². The van der Waals surface area contributed by atoms with Gasteiger partial charge in [-0.05, 0) is 83.4 Å². The zero-order valence-corrected chi connectivity index (χ0v) is 48.6. The number of halogens is 5. The standard InChI is InChI=1S/C59H88F5N9O11/c1-43(65)73(51-39-49-7-8-50(40-51)72(49)20-13-54(44-5-3-2-4-6-44)69-58(75)46-9-15-59(63,64)16-10-46)57(66)45-11-18-71(19-12-45)21-24-78-27-30-81-33-34-82-35-36-83-42-48(70-67)41-68-17-23-77-26-29-80-32-31-79-28-25-76-22-14-55(74)84-56-52(61)37-47(60)38-53(56)62/h2-6,37-38,41,45-46,49-51,54,65-66H,7-36,39-40,42,67H2,1H3,(H,69,75)/b65-43?,66-57?,68-41?,70-48+/t49?,50?,51?,54-/m0/s1. The van der Waals surface area contributed by atoms with Crippen molar-refractivity contribution < 1.29 is 74.2 Å². The van der Waals surface area contributed by atoms with Crippen molar-refractivity contribution in [2.45, 2.75) is 114 Å². The number of hydrogen-bond donors (Lipinski definition) is 4. The highest BCUT2D eigenvalue weighted by atomic mass is 19.3. The molecule has 1 amide bonds. The molecular weight excluding hydrogens is 1110 g/mol. The van der Waals surface area contributed by atoms with Gasteiger partial charge in [0.25, 0.3) is 0 Å². The Hall–Kier alpha value is -5.09. The van der Waals surface area contributed by atoms with E-state index in [1.54, 1.807) is 0 Å². The third-order valence-electron chi connectivity index (χ3n) is 15.5. The lowest BCUT2D eigenvalue weighted by atomic mass is 9.86. The molecule has 3 atom stereocenters. The maximum atomic E-state index is 13.9. The van der Waals surface area contributed by atoms with Gasteiger partial charge in [0.05, 0.1) is 131 Å². The van der Waals surface area contributed by atoms with Gasteiger partial charge in [0, 0.05) is 74.2 Å². The lowest BCUT2D eigenvalue weighted by molar-refractivity contribution is -0.136. The van der Waals surface area contributed by atoms with E-state index >= 15 is 0 Å². The van der Waals surface area contributed by atoms with Crippen LogP contribution < -0.4 is 15.9 Å². The van der Waals surface area contributed by atoms with Crippen LogP contribution >= 0.6 is 0 Å². The molecule has 0 spiro atoms.